The zero-order valence-corrected chi connectivity index (χ0v) is 16.9. The fraction of sp³-hybridized carbons (Fsp3) is 0.300. The van der Waals surface area contributed by atoms with Gasteiger partial charge in [0.1, 0.15) is 16.3 Å². The fourth-order valence-electron chi connectivity index (χ4n) is 3.43. The van der Waals surface area contributed by atoms with E-state index in [2.05, 4.69) is 18.3 Å². The normalized spacial score (nSPS) is 11.3. The lowest BCUT2D eigenvalue weighted by atomic mass is 10.1. The Bertz CT molecular complexity index is 1150. The van der Waals surface area contributed by atoms with Gasteiger partial charge >= 0.3 is 0 Å². The number of thiophene rings is 1. The molecule has 0 fully saturated rings. The van der Waals surface area contributed by atoms with Crippen LogP contribution in [0.15, 0.2) is 24.3 Å². The van der Waals surface area contributed by atoms with Crippen molar-refractivity contribution in [2.24, 2.45) is 7.05 Å². The highest BCUT2D eigenvalue weighted by molar-refractivity contribution is 7.26. The summed E-state index contributed by atoms with van der Waals surface area (Å²) in [6.45, 7) is 4.77. The number of hydrogen-bond acceptors (Lipinski definition) is 6. The lowest BCUT2D eigenvalue weighted by Crippen LogP contribution is -2.03. The summed E-state index contributed by atoms with van der Waals surface area (Å²) in [5, 5.41) is 9.34. The smallest absolute Gasteiger partial charge is 0.166 e. The van der Waals surface area contributed by atoms with E-state index in [4.69, 9.17) is 19.6 Å². The molecule has 0 aliphatic rings. The average molecular weight is 382 g/mol. The van der Waals surface area contributed by atoms with E-state index >= 15 is 0 Å². The Morgan fingerprint density at radius 3 is 2.70 bits per heavy atom. The molecular formula is C20H22N4O2S. The maximum Gasteiger partial charge on any atom is 0.166 e. The van der Waals surface area contributed by atoms with Crippen LogP contribution in [0.3, 0.4) is 0 Å². The van der Waals surface area contributed by atoms with E-state index in [1.807, 2.05) is 36.9 Å². The van der Waals surface area contributed by atoms with E-state index < -0.39 is 0 Å². The van der Waals surface area contributed by atoms with Crippen LogP contribution in [0.5, 0.6) is 11.5 Å². The highest BCUT2D eigenvalue weighted by Gasteiger charge is 2.18. The second-order valence-electron chi connectivity index (χ2n) is 6.54. The van der Waals surface area contributed by atoms with Crippen LogP contribution in [-0.4, -0.2) is 29.0 Å². The standard InChI is InChI=1S/C20H22N4O2S/c1-11-8-12(2)22-20-16(11)17-18(27-20)19(23-24(17)3)21-10-13-6-7-14(25-4)9-15(13)26-5/h6-9H,10H2,1-5H3,(H,21,23). The Morgan fingerprint density at radius 2 is 1.96 bits per heavy atom. The maximum absolute atomic E-state index is 5.49. The van der Waals surface area contributed by atoms with E-state index in [0.717, 1.165) is 43.6 Å². The minimum absolute atomic E-state index is 0.610. The molecule has 1 N–H and O–H groups in total. The van der Waals surface area contributed by atoms with Crippen LogP contribution in [0.2, 0.25) is 0 Å². The molecule has 0 unspecified atom stereocenters. The van der Waals surface area contributed by atoms with Crippen LogP contribution in [0.4, 0.5) is 5.82 Å². The molecule has 3 aromatic heterocycles. The van der Waals surface area contributed by atoms with Crippen molar-refractivity contribution in [1.29, 1.82) is 0 Å². The molecule has 0 aliphatic heterocycles. The van der Waals surface area contributed by atoms with Crippen LogP contribution in [0, 0.1) is 13.8 Å². The SMILES string of the molecule is COc1ccc(CNc2nn(C)c3c2sc2nc(C)cc(C)c23)c(OC)c1. The van der Waals surface area contributed by atoms with Crippen LogP contribution in [-0.2, 0) is 13.6 Å². The lowest BCUT2D eigenvalue weighted by Gasteiger charge is -2.11. The first kappa shape index (κ1) is 17.6. The minimum atomic E-state index is 0.610. The molecule has 4 aromatic rings. The number of fused-ring (bicyclic) bond motifs is 3. The lowest BCUT2D eigenvalue weighted by molar-refractivity contribution is 0.391. The monoisotopic (exact) mass is 382 g/mol. The Hall–Kier alpha value is -2.80. The number of aryl methyl sites for hydroxylation is 3. The van der Waals surface area contributed by atoms with E-state index in [0.29, 0.717) is 6.54 Å². The molecule has 3 heterocycles. The number of aromatic nitrogens is 3. The third-order valence-electron chi connectivity index (χ3n) is 4.69. The van der Waals surface area contributed by atoms with Crippen molar-refractivity contribution in [3.05, 3.63) is 41.1 Å². The first-order valence-electron chi connectivity index (χ1n) is 8.70. The Morgan fingerprint density at radius 1 is 1.15 bits per heavy atom. The van der Waals surface area contributed by atoms with Gasteiger partial charge in [-0.2, -0.15) is 5.10 Å². The number of nitrogens with one attached hydrogen (secondary N) is 1. The molecule has 6 nitrogen and oxygen atoms in total. The summed E-state index contributed by atoms with van der Waals surface area (Å²) in [5.74, 6) is 2.43. The van der Waals surface area contributed by atoms with E-state index in [-0.39, 0.29) is 0 Å². The Balaban J connectivity index is 1.72. The predicted molar refractivity (Wildman–Crippen MR) is 110 cm³/mol. The number of hydrogen-bond donors (Lipinski definition) is 1. The summed E-state index contributed by atoms with van der Waals surface area (Å²) in [6.07, 6.45) is 0. The first-order chi connectivity index (χ1) is 13.0. The first-order valence-corrected chi connectivity index (χ1v) is 9.51. The Labute approximate surface area is 161 Å². The van der Waals surface area contributed by atoms with Gasteiger partial charge in [-0.25, -0.2) is 4.98 Å². The molecule has 7 heteroatoms. The molecule has 0 saturated heterocycles. The number of rotatable bonds is 5. The summed E-state index contributed by atoms with van der Waals surface area (Å²) in [7, 11) is 5.30. The number of nitrogens with zero attached hydrogens (tertiary/aromatic N) is 3. The van der Waals surface area contributed by atoms with Gasteiger partial charge < -0.3 is 14.8 Å². The van der Waals surface area contributed by atoms with Crippen LogP contribution >= 0.6 is 11.3 Å². The van der Waals surface area contributed by atoms with Crippen LogP contribution < -0.4 is 14.8 Å². The van der Waals surface area contributed by atoms with Crippen molar-refractivity contribution in [2.75, 3.05) is 19.5 Å². The second-order valence-corrected chi connectivity index (χ2v) is 7.54. The summed E-state index contributed by atoms with van der Waals surface area (Å²) in [4.78, 5) is 5.76. The van der Waals surface area contributed by atoms with Gasteiger partial charge in [-0.15, -0.1) is 11.3 Å². The quantitative estimate of drug-likeness (QED) is 0.553. The van der Waals surface area contributed by atoms with Crippen LogP contribution in [0.1, 0.15) is 16.8 Å². The molecule has 0 aliphatic carbocycles. The molecule has 0 amide bonds. The minimum Gasteiger partial charge on any atom is -0.497 e. The summed E-state index contributed by atoms with van der Waals surface area (Å²) in [6, 6.07) is 7.95. The third-order valence-corrected chi connectivity index (χ3v) is 5.77. The van der Waals surface area contributed by atoms with Crippen molar-refractivity contribution in [3.63, 3.8) is 0 Å². The zero-order chi connectivity index (χ0) is 19.1. The molecule has 140 valence electrons. The molecule has 1 aromatic carbocycles. The molecule has 27 heavy (non-hydrogen) atoms. The van der Waals surface area contributed by atoms with Gasteiger partial charge in [0.05, 0.1) is 24.4 Å². The molecule has 0 bridgehead atoms. The van der Waals surface area contributed by atoms with Crippen LogP contribution in [0.25, 0.3) is 20.4 Å². The summed E-state index contributed by atoms with van der Waals surface area (Å²) in [5.41, 5.74) is 4.44. The van der Waals surface area contributed by atoms with Gasteiger partial charge in [-0.1, -0.05) is 0 Å². The van der Waals surface area contributed by atoms with E-state index in [9.17, 15) is 0 Å². The number of methoxy groups -OCH3 is 2. The van der Waals surface area contributed by atoms with Gasteiger partial charge in [0.2, 0.25) is 0 Å². The molecule has 0 radical (unpaired) electrons. The van der Waals surface area contributed by atoms with Crippen molar-refractivity contribution >= 4 is 37.6 Å². The highest BCUT2D eigenvalue weighted by Crippen LogP contribution is 2.39. The van der Waals surface area contributed by atoms with Crippen molar-refractivity contribution < 1.29 is 9.47 Å². The number of ether oxygens (including phenoxy) is 2. The number of pyridine rings is 1. The van der Waals surface area contributed by atoms with Crippen molar-refractivity contribution in [1.82, 2.24) is 14.8 Å². The largest absolute Gasteiger partial charge is 0.497 e. The van der Waals surface area contributed by atoms with Gasteiger partial charge in [0.25, 0.3) is 0 Å². The summed E-state index contributed by atoms with van der Waals surface area (Å²) >= 11 is 1.68. The highest BCUT2D eigenvalue weighted by atomic mass is 32.1. The maximum atomic E-state index is 5.49. The van der Waals surface area contributed by atoms with Crippen molar-refractivity contribution in [2.45, 2.75) is 20.4 Å². The number of benzene rings is 1. The second kappa shape index (κ2) is 6.74. The van der Waals surface area contributed by atoms with Gasteiger partial charge in [-0.3, -0.25) is 4.68 Å². The average Bonchev–Trinajstić information content (AvgIpc) is 3.17. The topological polar surface area (TPSA) is 61.2 Å². The van der Waals surface area contributed by atoms with Crippen molar-refractivity contribution in [3.8, 4) is 11.5 Å². The molecular weight excluding hydrogens is 360 g/mol. The van der Waals surface area contributed by atoms with Gasteiger partial charge in [0, 0.05) is 36.3 Å². The van der Waals surface area contributed by atoms with E-state index in [1.165, 1.54) is 10.9 Å². The third kappa shape index (κ3) is 2.98. The molecule has 0 saturated carbocycles. The molecule has 4 rings (SSSR count). The molecule has 0 atom stereocenters. The van der Waals surface area contributed by atoms with E-state index in [1.54, 1.807) is 25.6 Å². The van der Waals surface area contributed by atoms with Gasteiger partial charge in [-0.05, 0) is 37.6 Å². The molecule has 0 spiro atoms. The fourth-order valence-corrected chi connectivity index (χ4v) is 4.71. The summed E-state index contributed by atoms with van der Waals surface area (Å²) < 4.78 is 13.8. The van der Waals surface area contributed by atoms with Gasteiger partial charge in [0.15, 0.2) is 5.82 Å². The predicted octanol–water partition coefficient (Wildman–Crippen LogP) is 4.43. The number of anilines is 1. The zero-order valence-electron chi connectivity index (χ0n) is 16.1. The Kier molecular flexibility index (Phi) is 4.39.